The molecule has 0 spiro atoms. The van der Waals surface area contributed by atoms with Crippen molar-refractivity contribution in [3.63, 3.8) is 0 Å². The average molecular weight is 448 g/mol. The molecular formula is C25H25FN4O3. The lowest BCUT2D eigenvalue weighted by atomic mass is 10.0. The zero-order valence-corrected chi connectivity index (χ0v) is 18.9. The van der Waals surface area contributed by atoms with E-state index >= 15 is 0 Å². The summed E-state index contributed by atoms with van der Waals surface area (Å²) in [5, 5.41) is 2.58. The van der Waals surface area contributed by atoms with Crippen molar-refractivity contribution >= 4 is 17.3 Å². The highest BCUT2D eigenvalue weighted by Gasteiger charge is 2.17. The highest BCUT2D eigenvalue weighted by atomic mass is 19.1. The second-order valence-corrected chi connectivity index (χ2v) is 8.50. The number of benzene rings is 2. The minimum Gasteiger partial charge on any atom is -0.496 e. The molecule has 0 aliphatic heterocycles. The number of ether oxygens (including phenoxy) is 2. The molecule has 7 nitrogen and oxygen atoms in total. The molecule has 2 N–H and O–H groups in total. The van der Waals surface area contributed by atoms with E-state index in [1.54, 1.807) is 52.3 Å². The summed E-state index contributed by atoms with van der Waals surface area (Å²) < 4.78 is 25.5. The molecule has 0 aliphatic rings. The van der Waals surface area contributed by atoms with Crippen molar-refractivity contribution in [2.24, 2.45) is 0 Å². The molecule has 0 fully saturated rings. The van der Waals surface area contributed by atoms with E-state index in [1.165, 1.54) is 6.07 Å². The number of alkyl carbamates (subject to hydrolysis) is 1. The van der Waals surface area contributed by atoms with E-state index < -0.39 is 17.5 Å². The first-order chi connectivity index (χ1) is 15.7. The first-order valence-electron chi connectivity index (χ1n) is 10.5. The molecule has 0 atom stereocenters. The molecule has 2 aromatic heterocycles. The predicted octanol–water partition coefficient (Wildman–Crippen LogP) is 5.46. The number of nitrogens with zero attached hydrogens (tertiary/aromatic N) is 2. The van der Waals surface area contributed by atoms with Gasteiger partial charge in [-0.15, -0.1) is 0 Å². The molecule has 8 heteroatoms. The van der Waals surface area contributed by atoms with E-state index in [4.69, 9.17) is 9.47 Å². The number of imidazole rings is 1. The molecule has 2 aromatic carbocycles. The normalized spacial score (nSPS) is 11.4. The molecule has 0 bridgehead atoms. The van der Waals surface area contributed by atoms with Crippen LogP contribution in [-0.2, 0) is 11.3 Å². The quantitative estimate of drug-likeness (QED) is 0.423. The van der Waals surface area contributed by atoms with Gasteiger partial charge in [-0.05, 0) is 50.6 Å². The third-order valence-corrected chi connectivity index (χ3v) is 4.94. The zero-order valence-electron chi connectivity index (χ0n) is 18.9. The number of H-pyrrole nitrogens is 1. The van der Waals surface area contributed by atoms with Crippen molar-refractivity contribution in [2.75, 3.05) is 7.11 Å². The molecule has 0 aliphatic carbocycles. The maximum atomic E-state index is 14.8. The lowest BCUT2D eigenvalue weighted by Gasteiger charge is -2.19. The van der Waals surface area contributed by atoms with Gasteiger partial charge in [-0.2, -0.15) is 0 Å². The van der Waals surface area contributed by atoms with Gasteiger partial charge in [-0.25, -0.2) is 19.2 Å². The minimum absolute atomic E-state index is 0.0226. The van der Waals surface area contributed by atoms with E-state index in [9.17, 15) is 9.18 Å². The Morgan fingerprint density at radius 3 is 2.64 bits per heavy atom. The summed E-state index contributed by atoms with van der Waals surface area (Å²) in [5.41, 5.74) is 3.18. The largest absolute Gasteiger partial charge is 0.496 e. The summed E-state index contributed by atoms with van der Waals surface area (Å²) in [6.07, 6.45) is 1.04. The van der Waals surface area contributed by atoms with Crippen molar-refractivity contribution in [1.29, 1.82) is 0 Å². The van der Waals surface area contributed by atoms with Crippen LogP contribution in [0, 0.1) is 5.82 Å². The van der Waals surface area contributed by atoms with Crippen LogP contribution in [0.25, 0.3) is 33.7 Å². The van der Waals surface area contributed by atoms with Crippen molar-refractivity contribution in [3.05, 3.63) is 66.1 Å². The summed E-state index contributed by atoms with van der Waals surface area (Å²) in [6, 6.07) is 14.2. The van der Waals surface area contributed by atoms with Crippen LogP contribution in [0.3, 0.4) is 0 Å². The summed E-state index contributed by atoms with van der Waals surface area (Å²) in [5.74, 6) is 0.866. The van der Waals surface area contributed by atoms with Crippen LogP contribution in [0.1, 0.15) is 26.3 Å². The first-order valence-corrected chi connectivity index (χ1v) is 10.5. The number of hydrogen-bond donors (Lipinski definition) is 2. The molecule has 170 valence electrons. The third-order valence-electron chi connectivity index (χ3n) is 4.94. The van der Waals surface area contributed by atoms with Crippen LogP contribution in [0.5, 0.6) is 5.75 Å². The van der Waals surface area contributed by atoms with Gasteiger partial charge in [0, 0.05) is 23.9 Å². The average Bonchev–Trinajstić information content (AvgIpc) is 3.21. The second kappa shape index (κ2) is 8.90. The van der Waals surface area contributed by atoms with Crippen LogP contribution in [0.15, 0.2) is 54.7 Å². The van der Waals surface area contributed by atoms with Gasteiger partial charge in [0.25, 0.3) is 0 Å². The number of methoxy groups -OCH3 is 1. The summed E-state index contributed by atoms with van der Waals surface area (Å²) >= 11 is 0. The summed E-state index contributed by atoms with van der Waals surface area (Å²) in [6.45, 7) is 5.33. The fourth-order valence-electron chi connectivity index (χ4n) is 3.46. The zero-order chi connectivity index (χ0) is 23.6. The van der Waals surface area contributed by atoms with Crippen LogP contribution >= 0.6 is 0 Å². The van der Waals surface area contributed by atoms with Crippen LogP contribution in [-0.4, -0.2) is 33.8 Å². The standard InChI is InChI=1S/C25H25FN4O3/c1-25(2,3)33-24(31)28-14-16-10-9-15(13-19(16)26)17-11-12-27-23-21(17)29-22(30-23)18-7-5-6-8-20(18)32-4/h5-13H,14H2,1-4H3,(H,28,31)(H,27,29,30). The van der Waals surface area contributed by atoms with E-state index in [2.05, 4.69) is 20.3 Å². The molecule has 0 saturated heterocycles. The number of para-hydroxylation sites is 1. The Balaban J connectivity index is 1.62. The van der Waals surface area contributed by atoms with Gasteiger partial charge in [0.05, 0.1) is 18.2 Å². The maximum Gasteiger partial charge on any atom is 0.407 e. The number of amides is 1. The Morgan fingerprint density at radius 2 is 1.91 bits per heavy atom. The van der Waals surface area contributed by atoms with E-state index in [0.717, 1.165) is 11.1 Å². The van der Waals surface area contributed by atoms with Crippen LogP contribution in [0.4, 0.5) is 9.18 Å². The Bertz CT molecular complexity index is 1310. The smallest absolute Gasteiger partial charge is 0.407 e. The predicted molar refractivity (Wildman–Crippen MR) is 124 cm³/mol. The maximum absolute atomic E-state index is 14.8. The molecule has 33 heavy (non-hydrogen) atoms. The number of rotatable bonds is 5. The number of pyridine rings is 1. The number of nitrogens with one attached hydrogen (secondary N) is 2. The number of carbonyl (C=O) groups excluding carboxylic acids is 1. The SMILES string of the molecule is COc1ccccc1-c1nc2nccc(-c3ccc(CNC(=O)OC(C)(C)C)c(F)c3)c2[nH]1. The number of halogens is 1. The Kier molecular flexibility index (Phi) is 6.00. The molecule has 4 rings (SSSR count). The van der Waals surface area contributed by atoms with E-state index in [-0.39, 0.29) is 6.54 Å². The Hall–Kier alpha value is -3.94. The number of hydrogen-bond acceptors (Lipinski definition) is 5. The topological polar surface area (TPSA) is 89.1 Å². The second-order valence-electron chi connectivity index (χ2n) is 8.50. The number of fused-ring (bicyclic) bond motifs is 1. The lowest BCUT2D eigenvalue weighted by Crippen LogP contribution is -2.32. The molecule has 0 saturated carbocycles. The van der Waals surface area contributed by atoms with Gasteiger partial charge >= 0.3 is 6.09 Å². The highest BCUT2D eigenvalue weighted by molar-refractivity contribution is 5.91. The Morgan fingerprint density at radius 1 is 1.12 bits per heavy atom. The van der Waals surface area contributed by atoms with Crippen molar-refractivity contribution in [3.8, 4) is 28.3 Å². The molecular weight excluding hydrogens is 423 g/mol. The van der Waals surface area contributed by atoms with Crippen molar-refractivity contribution < 1.29 is 18.7 Å². The molecule has 0 unspecified atom stereocenters. The molecule has 1 amide bonds. The van der Waals surface area contributed by atoms with Gasteiger partial charge in [0.2, 0.25) is 0 Å². The fraction of sp³-hybridized carbons (Fsp3) is 0.240. The van der Waals surface area contributed by atoms with E-state index in [1.807, 2.05) is 24.3 Å². The molecule has 2 heterocycles. The van der Waals surface area contributed by atoms with Gasteiger partial charge in [0.1, 0.15) is 23.0 Å². The third kappa shape index (κ3) is 4.95. The highest BCUT2D eigenvalue weighted by Crippen LogP contribution is 2.32. The van der Waals surface area contributed by atoms with Gasteiger partial charge in [-0.3, -0.25) is 0 Å². The summed E-state index contributed by atoms with van der Waals surface area (Å²) in [4.78, 5) is 24.1. The number of aromatic amines is 1. The van der Waals surface area contributed by atoms with Gasteiger partial charge < -0.3 is 19.8 Å². The minimum atomic E-state index is -0.619. The van der Waals surface area contributed by atoms with E-state index in [0.29, 0.717) is 33.9 Å². The van der Waals surface area contributed by atoms with Crippen molar-refractivity contribution in [2.45, 2.75) is 32.9 Å². The van der Waals surface area contributed by atoms with Crippen LogP contribution < -0.4 is 10.1 Å². The van der Waals surface area contributed by atoms with Crippen molar-refractivity contribution in [1.82, 2.24) is 20.3 Å². The summed E-state index contributed by atoms with van der Waals surface area (Å²) in [7, 11) is 1.60. The van der Waals surface area contributed by atoms with Gasteiger partial charge in [0.15, 0.2) is 5.65 Å². The monoisotopic (exact) mass is 448 g/mol. The molecule has 0 radical (unpaired) electrons. The first kappa shape index (κ1) is 22.3. The van der Waals surface area contributed by atoms with Gasteiger partial charge in [-0.1, -0.05) is 24.3 Å². The lowest BCUT2D eigenvalue weighted by molar-refractivity contribution is 0.0523. The number of carbonyl (C=O) groups is 1. The fourth-order valence-corrected chi connectivity index (χ4v) is 3.46. The molecule has 4 aromatic rings. The van der Waals surface area contributed by atoms with Crippen LogP contribution in [0.2, 0.25) is 0 Å². The Labute approximate surface area is 191 Å². The number of aromatic nitrogens is 3.